The summed E-state index contributed by atoms with van der Waals surface area (Å²) in [7, 11) is 0. The Morgan fingerprint density at radius 2 is 2.00 bits per heavy atom. The van der Waals surface area contributed by atoms with Crippen LogP contribution >= 0.6 is 12.4 Å². The van der Waals surface area contributed by atoms with Crippen molar-refractivity contribution in [2.75, 3.05) is 18.5 Å². The third kappa shape index (κ3) is 3.82. The summed E-state index contributed by atoms with van der Waals surface area (Å²) >= 11 is 0. The number of benzene rings is 1. The van der Waals surface area contributed by atoms with Gasteiger partial charge in [0.15, 0.2) is 11.6 Å². The van der Waals surface area contributed by atoms with Crippen LogP contribution in [0.3, 0.4) is 0 Å². The lowest BCUT2D eigenvalue weighted by molar-refractivity contribution is 0.0728. The quantitative estimate of drug-likeness (QED) is 0.644. The molecule has 3 atom stereocenters. The molecule has 1 aromatic carbocycles. The molecule has 146 valence electrons. The SMILES string of the molecule is CCCCOc1cc2c(cc1F)N[C@H](C1CCCCC1)[C@@H]1CCO[C@H]21.Cl. The maximum atomic E-state index is 14.5. The van der Waals surface area contributed by atoms with E-state index in [1.54, 1.807) is 6.07 Å². The first-order chi connectivity index (χ1) is 12.3. The van der Waals surface area contributed by atoms with Crippen LogP contribution in [0.4, 0.5) is 10.1 Å². The van der Waals surface area contributed by atoms with Crippen LogP contribution in [0.5, 0.6) is 5.75 Å². The molecule has 1 aromatic rings. The Bertz CT molecular complexity index is 606. The second-order valence-corrected chi connectivity index (χ2v) is 7.88. The minimum Gasteiger partial charge on any atom is -0.491 e. The number of unbranched alkanes of at least 4 members (excludes halogenated alkanes) is 1. The van der Waals surface area contributed by atoms with Crippen molar-refractivity contribution in [1.82, 2.24) is 0 Å². The first-order valence-electron chi connectivity index (χ1n) is 10.1. The molecule has 2 heterocycles. The molecule has 1 saturated carbocycles. The van der Waals surface area contributed by atoms with Gasteiger partial charge in [-0.25, -0.2) is 4.39 Å². The van der Waals surface area contributed by atoms with E-state index in [-0.39, 0.29) is 24.3 Å². The second-order valence-electron chi connectivity index (χ2n) is 7.88. The van der Waals surface area contributed by atoms with E-state index in [0.717, 1.165) is 37.1 Å². The fraction of sp³-hybridized carbons (Fsp3) is 0.714. The molecular weight excluding hydrogens is 353 g/mol. The predicted molar refractivity (Wildman–Crippen MR) is 105 cm³/mol. The van der Waals surface area contributed by atoms with Gasteiger partial charge < -0.3 is 14.8 Å². The number of ether oxygens (including phenoxy) is 2. The van der Waals surface area contributed by atoms with Crippen LogP contribution in [-0.4, -0.2) is 19.3 Å². The number of hydrogen-bond donors (Lipinski definition) is 1. The lowest BCUT2D eigenvalue weighted by Gasteiger charge is -2.42. The molecule has 0 radical (unpaired) electrons. The molecule has 3 aliphatic rings. The first kappa shape index (κ1) is 19.8. The van der Waals surface area contributed by atoms with Gasteiger partial charge in [-0.2, -0.15) is 0 Å². The molecule has 0 amide bonds. The fourth-order valence-corrected chi connectivity index (χ4v) is 4.91. The van der Waals surface area contributed by atoms with Crippen LogP contribution in [-0.2, 0) is 4.74 Å². The third-order valence-corrected chi connectivity index (χ3v) is 6.24. The Balaban J connectivity index is 0.00000196. The highest BCUT2D eigenvalue weighted by molar-refractivity contribution is 5.85. The lowest BCUT2D eigenvalue weighted by atomic mass is 9.73. The van der Waals surface area contributed by atoms with Crippen LogP contribution in [0, 0.1) is 17.7 Å². The van der Waals surface area contributed by atoms with Gasteiger partial charge in [0.25, 0.3) is 0 Å². The Kier molecular flexibility index (Phi) is 6.68. The van der Waals surface area contributed by atoms with E-state index in [1.807, 2.05) is 6.07 Å². The third-order valence-electron chi connectivity index (χ3n) is 6.24. The smallest absolute Gasteiger partial charge is 0.167 e. The standard InChI is InChI=1S/C21H30FNO2.ClH/c1-2-3-10-24-19-12-16-18(13-17(19)22)23-20(14-7-5-4-6-8-14)15-9-11-25-21(15)16;/h12-15,20-21,23H,2-11H2,1H3;1H/t15-,20+,21-;/m0./s1. The molecule has 26 heavy (non-hydrogen) atoms. The van der Waals surface area contributed by atoms with Crippen molar-refractivity contribution >= 4 is 18.1 Å². The molecule has 1 saturated heterocycles. The normalized spacial score (nSPS) is 27.8. The van der Waals surface area contributed by atoms with E-state index >= 15 is 0 Å². The lowest BCUT2D eigenvalue weighted by Crippen LogP contribution is -2.42. The summed E-state index contributed by atoms with van der Waals surface area (Å²) < 4.78 is 26.3. The van der Waals surface area contributed by atoms with E-state index in [4.69, 9.17) is 9.47 Å². The largest absolute Gasteiger partial charge is 0.491 e. The van der Waals surface area contributed by atoms with Crippen molar-refractivity contribution in [3.8, 4) is 5.75 Å². The zero-order valence-electron chi connectivity index (χ0n) is 15.6. The Morgan fingerprint density at radius 3 is 2.77 bits per heavy atom. The van der Waals surface area contributed by atoms with Gasteiger partial charge in [-0.15, -0.1) is 12.4 Å². The maximum absolute atomic E-state index is 14.5. The van der Waals surface area contributed by atoms with Gasteiger partial charge >= 0.3 is 0 Å². The minimum atomic E-state index is -0.263. The molecule has 1 N–H and O–H groups in total. The van der Waals surface area contributed by atoms with Gasteiger partial charge in [-0.05, 0) is 37.7 Å². The van der Waals surface area contributed by atoms with Gasteiger partial charge in [0.05, 0.1) is 12.7 Å². The number of nitrogens with one attached hydrogen (secondary N) is 1. The van der Waals surface area contributed by atoms with Crippen LogP contribution in [0.15, 0.2) is 12.1 Å². The van der Waals surface area contributed by atoms with Crippen molar-refractivity contribution in [2.24, 2.45) is 11.8 Å². The second kappa shape index (κ2) is 8.79. The number of halogens is 2. The molecule has 2 fully saturated rings. The minimum absolute atomic E-state index is 0. The summed E-state index contributed by atoms with van der Waals surface area (Å²) in [6.07, 6.45) is 9.77. The summed E-state index contributed by atoms with van der Waals surface area (Å²) in [5.41, 5.74) is 2.00. The molecule has 2 aliphatic heterocycles. The summed E-state index contributed by atoms with van der Waals surface area (Å²) in [6.45, 7) is 3.49. The summed E-state index contributed by atoms with van der Waals surface area (Å²) in [4.78, 5) is 0. The van der Waals surface area contributed by atoms with Crippen LogP contribution in [0.1, 0.15) is 70.0 Å². The average molecular weight is 384 g/mol. The molecule has 5 heteroatoms. The number of anilines is 1. The first-order valence-corrected chi connectivity index (χ1v) is 10.1. The van der Waals surface area contributed by atoms with Crippen molar-refractivity contribution in [1.29, 1.82) is 0 Å². The van der Waals surface area contributed by atoms with E-state index in [1.165, 1.54) is 32.1 Å². The van der Waals surface area contributed by atoms with Gasteiger partial charge in [-0.1, -0.05) is 32.6 Å². The maximum Gasteiger partial charge on any atom is 0.167 e. The Hall–Kier alpha value is -1.00. The summed E-state index contributed by atoms with van der Waals surface area (Å²) in [5, 5.41) is 3.70. The molecule has 0 bridgehead atoms. The average Bonchev–Trinajstić information content (AvgIpc) is 3.12. The number of fused-ring (bicyclic) bond motifs is 3. The number of hydrogen-bond acceptors (Lipinski definition) is 3. The molecule has 0 spiro atoms. The molecular formula is C21H31ClFNO2. The van der Waals surface area contributed by atoms with Crippen LogP contribution < -0.4 is 10.1 Å². The summed E-state index contributed by atoms with van der Waals surface area (Å²) in [6, 6.07) is 3.93. The highest BCUT2D eigenvalue weighted by Crippen LogP contribution is 2.49. The van der Waals surface area contributed by atoms with Crippen LogP contribution in [0.25, 0.3) is 0 Å². The summed E-state index contributed by atoms with van der Waals surface area (Å²) in [5.74, 6) is 1.31. The van der Waals surface area contributed by atoms with E-state index in [0.29, 0.717) is 30.2 Å². The predicted octanol–water partition coefficient (Wildman–Crippen LogP) is 5.88. The van der Waals surface area contributed by atoms with Crippen molar-refractivity contribution in [3.63, 3.8) is 0 Å². The van der Waals surface area contributed by atoms with E-state index in [2.05, 4.69) is 12.2 Å². The Morgan fingerprint density at radius 1 is 1.19 bits per heavy atom. The molecule has 1 aliphatic carbocycles. The molecule has 3 nitrogen and oxygen atoms in total. The molecule has 0 unspecified atom stereocenters. The molecule has 0 aromatic heterocycles. The fourth-order valence-electron chi connectivity index (χ4n) is 4.91. The van der Waals surface area contributed by atoms with Gasteiger partial charge in [0.1, 0.15) is 0 Å². The highest BCUT2D eigenvalue weighted by Gasteiger charge is 2.44. The zero-order chi connectivity index (χ0) is 17.2. The van der Waals surface area contributed by atoms with Gasteiger partial charge in [-0.3, -0.25) is 0 Å². The van der Waals surface area contributed by atoms with Crippen LogP contribution in [0.2, 0.25) is 0 Å². The van der Waals surface area contributed by atoms with Gasteiger partial charge in [0, 0.05) is 35.9 Å². The topological polar surface area (TPSA) is 30.5 Å². The highest BCUT2D eigenvalue weighted by atomic mass is 35.5. The van der Waals surface area contributed by atoms with E-state index in [9.17, 15) is 4.39 Å². The van der Waals surface area contributed by atoms with Gasteiger partial charge in [0.2, 0.25) is 0 Å². The van der Waals surface area contributed by atoms with Crippen molar-refractivity contribution in [2.45, 2.75) is 70.4 Å². The monoisotopic (exact) mass is 383 g/mol. The zero-order valence-corrected chi connectivity index (χ0v) is 16.5. The molecule has 4 rings (SSSR count). The van der Waals surface area contributed by atoms with Crippen molar-refractivity contribution < 1.29 is 13.9 Å². The Labute approximate surface area is 162 Å². The van der Waals surface area contributed by atoms with E-state index < -0.39 is 0 Å². The van der Waals surface area contributed by atoms with Crippen molar-refractivity contribution in [3.05, 3.63) is 23.5 Å². The number of rotatable bonds is 5.